The largest absolute Gasteiger partial charge is 0.314 e. The van der Waals surface area contributed by atoms with Crippen molar-refractivity contribution in [2.45, 2.75) is 18.9 Å². The van der Waals surface area contributed by atoms with Crippen LogP contribution in [0.1, 0.15) is 12.8 Å². The second kappa shape index (κ2) is 4.21. The Morgan fingerprint density at radius 1 is 1.70 bits per heavy atom. The lowest BCUT2D eigenvalue weighted by Crippen LogP contribution is -2.28. The molecular weight excluding hydrogens is 146 g/mol. The van der Waals surface area contributed by atoms with Gasteiger partial charge in [-0.2, -0.15) is 0 Å². The maximum absolute atomic E-state index is 5.26. The first kappa shape index (κ1) is 8.37. The molecule has 1 saturated heterocycles. The van der Waals surface area contributed by atoms with Crippen molar-refractivity contribution in [3.63, 3.8) is 0 Å². The highest BCUT2D eigenvalue weighted by Gasteiger charge is 2.20. The number of likely N-dealkylation sites (tertiary alicyclic amines) is 1. The van der Waals surface area contributed by atoms with Crippen molar-refractivity contribution in [1.29, 1.82) is 0 Å². The third-order valence-electron chi connectivity index (χ3n) is 2.05. The molecule has 1 aliphatic heterocycles. The van der Waals surface area contributed by atoms with Crippen LogP contribution >= 0.6 is 12.0 Å². The maximum Gasteiger partial charge on any atom is 0.0769 e. The Labute approximate surface area is 67.1 Å². The van der Waals surface area contributed by atoms with Gasteiger partial charge in [0.2, 0.25) is 0 Å². The summed E-state index contributed by atoms with van der Waals surface area (Å²) in [6.45, 7) is 2.13. The number of likely N-dealkylation sites (N-methyl/N-ethyl adjacent to an activating group) is 1. The van der Waals surface area contributed by atoms with Crippen LogP contribution in [-0.4, -0.2) is 37.4 Å². The molecule has 1 rings (SSSR count). The van der Waals surface area contributed by atoms with Crippen LogP contribution < -0.4 is 0 Å². The van der Waals surface area contributed by atoms with Gasteiger partial charge in [0.25, 0.3) is 0 Å². The highest BCUT2D eigenvalue weighted by molar-refractivity contribution is 7.93. The van der Waals surface area contributed by atoms with Gasteiger partial charge >= 0.3 is 0 Å². The lowest BCUT2D eigenvalue weighted by molar-refractivity contribution is 0.220. The molecule has 3 heteroatoms. The van der Waals surface area contributed by atoms with E-state index in [9.17, 15) is 0 Å². The molecule has 0 amide bonds. The fourth-order valence-electron chi connectivity index (χ4n) is 1.34. The second-order valence-corrected chi connectivity index (χ2v) is 3.30. The SMILES string of the molecule is CSOC[C@@H]1CCCN1C. The summed E-state index contributed by atoms with van der Waals surface area (Å²) >= 11 is 1.46. The first-order valence-electron chi connectivity index (χ1n) is 3.70. The number of hydrogen-bond acceptors (Lipinski definition) is 3. The smallest absolute Gasteiger partial charge is 0.0769 e. The first-order valence-corrected chi connectivity index (χ1v) is 4.85. The molecule has 0 spiro atoms. The molecule has 1 aliphatic rings. The van der Waals surface area contributed by atoms with Gasteiger partial charge in [-0.25, -0.2) is 0 Å². The molecular formula is C7H15NOS. The van der Waals surface area contributed by atoms with Gasteiger partial charge in [-0.15, -0.1) is 0 Å². The molecule has 0 N–H and O–H groups in total. The van der Waals surface area contributed by atoms with Crippen LogP contribution in [0.2, 0.25) is 0 Å². The summed E-state index contributed by atoms with van der Waals surface area (Å²) in [5, 5.41) is 0. The molecule has 1 atom stereocenters. The standard InChI is InChI=1S/C7H15NOS/c1-8-5-3-4-7(8)6-9-10-2/h7H,3-6H2,1-2H3/t7-/m0/s1. The van der Waals surface area contributed by atoms with Crippen molar-refractivity contribution in [2.24, 2.45) is 0 Å². The normalized spacial score (nSPS) is 27.6. The Morgan fingerprint density at radius 2 is 2.50 bits per heavy atom. The second-order valence-electron chi connectivity index (χ2n) is 2.73. The monoisotopic (exact) mass is 161 g/mol. The summed E-state index contributed by atoms with van der Waals surface area (Å²) in [6.07, 6.45) is 4.60. The lowest BCUT2D eigenvalue weighted by Gasteiger charge is -2.17. The van der Waals surface area contributed by atoms with Crippen molar-refractivity contribution >= 4 is 12.0 Å². The maximum atomic E-state index is 5.26. The fraction of sp³-hybridized carbons (Fsp3) is 1.00. The topological polar surface area (TPSA) is 12.5 Å². The minimum atomic E-state index is 0.674. The van der Waals surface area contributed by atoms with E-state index in [1.54, 1.807) is 0 Å². The van der Waals surface area contributed by atoms with Gasteiger partial charge in [-0.05, 0) is 38.5 Å². The van der Waals surface area contributed by atoms with Crippen molar-refractivity contribution in [3.8, 4) is 0 Å². The minimum Gasteiger partial charge on any atom is -0.314 e. The van der Waals surface area contributed by atoms with Crippen molar-refractivity contribution in [1.82, 2.24) is 4.90 Å². The Hall–Kier alpha value is 0.270. The number of nitrogens with zero attached hydrogens (tertiary/aromatic N) is 1. The fourth-order valence-corrected chi connectivity index (χ4v) is 1.63. The van der Waals surface area contributed by atoms with E-state index in [4.69, 9.17) is 4.18 Å². The molecule has 0 saturated carbocycles. The Kier molecular flexibility index (Phi) is 3.52. The van der Waals surface area contributed by atoms with Crippen LogP contribution in [0.4, 0.5) is 0 Å². The summed E-state index contributed by atoms with van der Waals surface area (Å²) in [4.78, 5) is 2.37. The van der Waals surface area contributed by atoms with Crippen LogP contribution in [0.25, 0.3) is 0 Å². The zero-order valence-electron chi connectivity index (χ0n) is 6.67. The van der Waals surface area contributed by atoms with E-state index in [0.29, 0.717) is 6.04 Å². The van der Waals surface area contributed by atoms with E-state index in [2.05, 4.69) is 11.9 Å². The Morgan fingerprint density at radius 3 is 3.00 bits per heavy atom. The lowest BCUT2D eigenvalue weighted by atomic mass is 10.2. The molecule has 1 fully saturated rings. The Bertz CT molecular complexity index is 99.6. The minimum absolute atomic E-state index is 0.674. The van der Waals surface area contributed by atoms with Crippen LogP contribution in [0, 0.1) is 0 Å². The van der Waals surface area contributed by atoms with Gasteiger partial charge < -0.3 is 9.08 Å². The molecule has 0 radical (unpaired) electrons. The van der Waals surface area contributed by atoms with E-state index in [-0.39, 0.29) is 0 Å². The average molecular weight is 161 g/mol. The van der Waals surface area contributed by atoms with E-state index in [0.717, 1.165) is 6.61 Å². The quantitative estimate of drug-likeness (QED) is 0.580. The third-order valence-corrected chi connectivity index (χ3v) is 2.42. The molecule has 60 valence electrons. The van der Waals surface area contributed by atoms with Crippen molar-refractivity contribution in [3.05, 3.63) is 0 Å². The molecule has 0 bridgehead atoms. The Balaban J connectivity index is 2.14. The first-order chi connectivity index (χ1) is 4.84. The van der Waals surface area contributed by atoms with Crippen LogP contribution in [0.15, 0.2) is 0 Å². The highest BCUT2D eigenvalue weighted by Crippen LogP contribution is 2.15. The van der Waals surface area contributed by atoms with Gasteiger partial charge in [0.05, 0.1) is 6.61 Å². The molecule has 0 aromatic carbocycles. The molecule has 0 aromatic rings. The summed E-state index contributed by atoms with van der Waals surface area (Å²) in [6, 6.07) is 0.674. The number of hydrogen-bond donors (Lipinski definition) is 0. The van der Waals surface area contributed by atoms with Crippen LogP contribution in [0.3, 0.4) is 0 Å². The zero-order valence-corrected chi connectivity index (χ0v) is 7.49. The van der Waals surface area contributed by atoms with Crippen molar-refractivity contribution < 1.29 is 4.18 Å². The molecule has 10 heavy (non-hydrogen) atoms. The third kappa shape index (κ3) is 2.15. The summed E-state index contributed by atoms with van der Waals surface area (Å²) in [7, 11) is 2.17. The molecule has 0 aromatic heterocycles. The van der Waals surface area contributed by atoms with Crippen molar-refractivity contribution in [2.75, 3.05) is 26.5 Å². The van der Waals surface area contributed by atoms with Gasteiger partial charge in [-0.3, -0.25) is 0 Å². The summed E-state index contributed by atoms with van der Waals surface area (Å²) < 4.78 is 5.26. The van der Waals surface area contributed by atoms with Gasteiger partial charge in [0, 0.05) is 12.3 Å². The van der Waals surface area contributed by atoms with Gasteiger partial charge in [0.1, 0.15) is 0 Å². The number of rotatable bonds is 3. The predicted molar refractivity (Wildman–Crippen MR) is 45.1 cm³/mol. The average Bonchev–Trinajstić information content (AvgIpc) is 2.31. The van der Waals surface area contributed by atoms with E-state index in [1.165, 1.54) is 31.4 Å². The zero-order chi connectivity index (χ0) is 7.40. The molecule has 0 aliphatic carbocycles. The van der Waals surface area contributed by atoms with E-state index in [1.807, 2.05) is 6.26 Å². The van der Waals surface area contributed by atoms with Crippen LogP contribution in [0.5, 0.6) is 0 Å². The summed E-state index contributed by atoms with van der Waals surface area (Å²) in [5.74, 6) is 0. The molecule has 2 nitrogen and oxygen atoms in total. The van der Waals surface area contributed by atoms with Gasteiger partial charge in [0.15, 0.2) is 0 Å². The predicted octanol–water partition coefficient (Wildman–Crippen LogP) is 1.38. The van der Waals surface area contributed by atoms with Crippen LogP contribution in [-0.2, 0) is 4.18 Å². The summed E-state index contributed by atoms with van der Waals surface area (Å²) in [5.41, 5.74) is 0. The van der Waals surface area contributed by atoms with Gasteiger partial charge in [-0.1, -0.05) is 0 Å². The molecule has 1 heterocycles. The van der Waals surface area contributed by atoms with E-state index < -0.39 is 0 Å². The highest BCUT2D eigenvalue weighted by atomic mass is 32.2. The molecule has 0 unspecified atom stereocenters. The van der Waals surface area contributed by atoms with E-state index >= 15 is 0 Å².